The van der Waals surface area contributed by atoms with Crippen LogP contribution in [0.3, 0.4) is 0 Å². The molecule has 2 rings (SSSR count). The number of aromatic nitrogens is 2. The Hall–Kier alpha value is -2.68. The number of benzene rings is 1. The molecule has 0 radical (unpaired) electrons. The zero-order valence-corrected chi connectivity index (χ0v) is 11.7. The van der Waals surface area contributed by atoms with Crippen LogP contribution in [0.2, 0.25) is 0 Å². The number of carbonyl (C=O) groups is 1. The Morgan fingerprint density at radius 2 is 2.00 bits per heavy atom. The van der Waals surface area contributed by atoms with Crippen LogP contribution in [0.15, 0.2) is 41.6 Å². The fourth-order valence-electron chi connectivity index (χ4n) is 1.52. The third-order valence-electron chi connectivity index (χ3n) is 2.48. The minimum absolute atomic E-state index is 0.0798. The van der Waals surface area contributed by atoms with Crippen molar-refractivity contribution in [2.75, 3.05) is 11.8 Å². The van der Waals surface area contributed by atoms with E-state index in [1.807, 2.05) is 0 Å². The molecule has 0 unspecified atom stereocenters. The highest BCUT2D eigenvalue weighted by atomic mass is 32.2. The van der Waals surface area contributed by atoms with Crippen molar-refractivity contribution < 1.29 is 23.1 Å². The van der Waals surface area contributed by atoms with Crippen LogP contribution < -0.4 is 9.46 Å². The maximum Gasteiger partial charge on any atom is 0.358 e. The van der Waals surface area contributed by atoms with E-state index < -0.39 is 21.7 Å². The molecular formula is C12H11N3O5S. The van der Waals surface area contributed by atoms with E-state index >= 15 is 0 Å². The molecule has 1 heterocycles. The lowest BCUT2D eigenvalue weighted by Crippen LogP contribution is -2.17. The summed E-state index contributed by atoms with van der Waals surface area (Å²) in [5.41, 5.74) is -0.482. The summed E-state index contributed by atoms with van der Waals surface area (Å²) in [6, 6.07) is 5.74. The summed E-state index contributed by atoms with van der Waals surface area (Å²) in [6.45, 7) is 0. The second-order valence-electron chi connectivity index (χ2n) is 3.84. The first-order chi connectivity index (χ1) is 9.94. The molecule has 2 aromatic rings. The van der Waals surface area contributed by atoms with Crippen molar-refractivity contribution in [2.45, 2.75) is 4.90 Å². The van der Waals surface area contributed by atoms with Gasteiger partial charge in [-0.05, 0) is 12.1 Å². The Kier molecular flexibility index (Phi) is 4.03. The van der Waals surface area contributed by atoms with Crippen molar-refractivity contribution in [3.05, 3.63) is 42.4 Å². The summed E-state index contributed by atoms with van der Waals surface area (Å²) < 4.78 is 31.5. The largest absolute Gasteiger partial charge is 0.497 e. The lowest BCUT2D eigenvalue weighted by molar-refractivity contribution is 0.0691. The summed E-state index contributed by atoms with van der Waals surface area (Å²) in [4.78, 5) is 18.2. The minimum Gasteiger partial charge on any atom is -0.497 e. The van der Waals surface area contributed by atoms with Gasteiger partial charge in [0.1, 0.15) is 5.75 Å². The quantitative estimate of drug-likeness (QED) is 0.845. The van der Waals surface area contributed by atoms with Crippen molar-refractivity contribution in [3.63, 3.8) is 0 Å². The third kappa shape index (κ3) is 3.26. The molecule has 1 aromatic carbocycles. The molecule has 0 atom stereocenters. The highest BCUT2D eigenvalue weighted by Gasteiger charge is 2.20. The number of nitrogens with zero attached hydrogens (tertiary/aromatic N) is 2. The van der Waals surface area contributed by atoms with Gasteiger partial charge in [0.2, 0.25) is 0 Å². The van der Waals surface area contributed by atoms with Gasteiger partial charge in [-0.2, -0.15) is 0 Å². The second kappa shape index (κ2) is 5.75. The van der Waals surface area contributed by atoms with E-state index in [1.54, 1.807) is 6.07 Å². The molecule has 0 aliphatic heterocycles. The van der Waals surface area contributed by atoms with Gasteiger partial charge in [0, 0.05) is 18.5 Å². The topological polar surface area (TPSA) is 118 Å². The van der Waals surface area contributed by atoms with Crippen molar-refractivity contribution in [3.8, 4) is 5.75 Å². The van der Waals surface area contributed by atoms with Crippen LogP contribution in [0.4, 0.5) is 5.82 Å². The molecule has 110 valence electrons. The lowest BCUT2D eigenvalue weighted by atomic mass is 10.3. The van der Waals surface area contributed by atoms with Gasteiger partial charge in [-0.1, -0.05) is 6.07 Å². The zero-order chi connectivity index (χ0) is 15.5. The van der Waals surface area contributed by atoms with Crippen molar-refractivity contribution in [1.29, 1.82) is 0 Å². The summed E-state index contributed by atoms with van der Waals surface area (Å²) in [7, 11) is -2.59. The first kappa shape index (κ1) is 14.7. The predicted octanol–water partition coefficient (Wildman–Crippen LogP) is 0.984. The highest BCUT2D eigenvalue weighted by Crippen LogP contribution is 2.20. The second-order valence-corrected chi connectivity index (χ2v) is 5.53. The van der Waals surface area contributed by atoms with Crippen LogP contribution in [0, 0.1) is 0 Å². The fourth-order valence-corrected chi connectivity index (χ4v) is 2.57. The molecule has 1 aromatic heterocycles. The van der Waals surface area contributed by atoms with E-state index in [0.29, 0.717) is 5.75 Å². The van der Waals surface area contributed by atoms with Gasteiger partial charge >= 0.3 is 5.97 Å². The van der Waals surface area contributed by atoms with Gasteiger partial charge in [-0.15, -0.1) is 0 Å². The van der Waals surface area contributed by atoms with E-state index in [2.05, 4.69) is 14.7 Å². The number of hydrogen-bond donors (Lipinski definition) is 2. The van der Waals surface area contributed by atoms with E-state index in [4.69, 9.17) is 9.84 Å². The van der Waals surface area contributed by atoms with E-state index in [0.717, 1.165) is 6.20 Å². The zero-order valence-electron chi connectivity index (χ0n) is 10.8. The Bertz CT molecular complexity index is 776. The van der Waals surface area contributed by atoms with Crippen molar-refractivity contribution in [2.24, 2.45) is 0 Å². The predicted molar refractivity (Wildman–Crippen MR) is 72.8 cm³/mol. The maximum atomic E-state index is 12.2. The number of hydrogen-bond acceptors (Lipinski definition) is 6. The van der Waals surface area contributed by atoms with Crippen LogP contribution in [-0.4, -0.2) is 36.6 Å². The molecule has 0 bridgehead atoms. The lowest BCUT2D eigenvalue weighted by Gasteiger charge is -2.09. The SMILES string of the molecule is COc1cccc(S(=O)(=O)Nc2nccnc2C(=O)O)c1. The average Bonchev–Trinajstić information content (AvgIpc) is 2.47. The average molecular weight is 309 g/mol. The van der Waals surface area contributed by atoms with Crippen LogP contribution in [0.5, 0.6) is 5.75 Å². The first-order valence-corrected chi connectivity index (χ1v) is 7.13. The third-order valence-corrected chi connectivity index (χ3v) is 3.82. The van der Waals surface area contributed by atoms with Crippen LogP contribution in [0.25, 0.3) is 0 Å². The monoisotopic (exact) mass is 309 g/mol. The molecule has 21 heavy (non-hydrogen) atoms. The van der Waals surface area contributed by atoms with Crippen LogP contribution in [0.1, 0.15) is 10.5 Å². The molecule has 0 saturated heterocycles. The summed E-state index contributed by atoms with van der Waals surface area (Å²) in [6.07, 6.45) is 2.35. The molecule has 0 amide bonds. The number of nitrogens with one attached hydrogen (secondary N) is 1. The Labute approximate surface area is 120 Å². The Morgan fingerprint density at radius 3 is 2.67 bits per heavy atom. The van der Waals surface area contributed by atoms with Gasteiger partial charge in [0.15, 0.2) is 11.5 Å². The Morgan fingerprint density at radius 1 is 1.29 bits per heavy atom. The molecule has 0 saturated carbocycles. The number of ether oxygens (including phenoxy) is 1. The fraction of sp³-hybridized carbons (Fsp3) is 0.0833. The van der Waals surface area contributed by atoms with Gasteiger partial charge in [0.25, 0.3) is 10.0 Å². The summed E-state index contributed by atoms with van der Waals surface area (Å²) in [5.74, 6) is -1.38. The minimum atomic E-state index is -4.00. The number of methoxy groups -OCH3 is 1. The normalized spacial score (nSPS) is 10.9. The summed E-state index contributed by atoms with van der Waals surface area (Å²) in [5, 5.41) is 8.96. The molecule has 0 aliphatic carbocycles. The van der Waals surface area contributed by atoms with E-state index in [1.165, 1.54) is 31.5 Å². The number of aromatic carboxylic acids is 1. The van der Waals surface area contributed by atoms with Crippen molar-refractivity contribution in [1.82, 2.24) is 9.97 Å². The smallest absolute Gasteiger partial charge is 0.358 e. The van der Waals surface area contributed by atoms with Gasteiger partial charge < -0.3 is 9.84 Å². The molecule has 9 heteroatoms. The van der Waals surface area contributed by atoms with Gasteiger partial charge in [0.05, 0.1) is 12.0 Å². The summed E-state index contributed by atoms with van der Waals surface area (Å²) >= 11 is 0. The number of sulfonamides is 1. The van der Waals surface area contributed by atoms with Crippen molar-refractivity contribution >= 4 is 21.8 Å². The van der Waals surface area contributed by atoms with Crippen LogP contribution in [-0.2, 0) is 10.0 Å². The highest BCUT2D eigenvalue weighted by molar-refractivity contribution is 7.92. The molecule has 0 fully saturated rings. The van der Waals surface area contributed by atoms with E-state index in [9.17, 15) is 13.2 Å². The number of rotatable bonds is 5. The number of anilines is 1. The Balaban J connectivity index is 2.40. The first-order valence-electron chi connectivity index (χ1n) is 5.65. The molecule has 2 N–H and O–H groups in total. The van der Waals surface area contributed by atoms with E-state index in [-0.39, 0.29) is 10.7 Å². The maximum absolute atomic E-state index is 12.2. The van der Waals surface area contributed by atoms with Crippen LogP contribution >= 0.6 is 0 Å². The van der Waals surface area contributed by atoms with Gasteiger partial charge in [-0.25, -0.2) is 23.2 Å². The molecule has 8 nitrogen and oxygen atoms in total. The number of carboxylic acid groups (broad SMARTS) is 1. The molecular weight excluding hydrogens is 298 g/mol. The number of carboxylic acids is 1. The van der Waals surface area contributed by atoms with Gasteiger partial charge in [-0.3, -0.25) is 4.72 Å². The standard InChI is InChI=1S/C12H11N3O5S/c1-20-8-3-2-4-9(7-8)21(18,19)15-11-10(12(16)17)13-5-6-14-11/h2-7H,1H3,(H,14,15)(H,16,17). The molecule has 0 aliphatic rings. The molecule has 0 spiro atoms.